The molecule has 2 heterocycles. The highest BCUT2D eigenvalue weighted by molar-refractivity contribution is 5.09. The molecule has 2 aromatic rings. The number of hydrogen-bond donors (Lipinski definition) is 1. The van der Waals surface area contributed by atoms with Crippen molar-refractivity contribution in [1.82, 2.24) is 29.9 Å². The van der Waals surface area contributed by atoms with E-state index in [9.17, 15) is 0 Å². The molecule has 0 atom stereocenters. The number of nitrogens with zero attached hydrogens (tertiary/aromatic N) is 5. The van der Waals surface area contributed by atoms with Gasteiger partial charge < -0.3 is 5.32 Å². The Kier molecular flexibility index (Phi) is 4.23. The Bertz CT molecular complexity index is 560. The van der Waals surface area contributed by atoms with Crippen LogP contribution in [-0.4, -0.2) is 30.1 Å². The van der Waals surface area contributed by atoms with Crippen LogP contribution >= 0.6 is 0 Å². The molecule has 0 aliphatic heterocycles. The maximum atomic E-state index is 4.46. The minimum atomic E-state index is 0.0680. The van der Waals surface area contributed by atoms with Crippen LogP contribution in [0.15, 0.2) is 12.4 Å². The van der Waals surface area contributed by atoms with Gasteiger partial charge in [-0.3, -0.25) is 4.68 Å². The largest absolute Gasteiger partial charge is 0.305 e. The van der Waals surface area contributed by atoms with Crippen LogP contribution in [0, 0.1) is 6.92 Å². The summed E-state index contributed by atoms with van der Waals surface area (Å²) in [6, 6.07) is 2.10. The molecule has 1 N–H and O–H groups in total. The van der Waals surface area contributed by atoms with Crippen LogP contribution in [0.1, 0.15) is 44.9 Å². The third-order valence-electron chi connectivity index (χ3n) is 3.07. The van der Waals surface area contributed by atoms with Crippen molar-refractivity contribution in [3.8, 4) is 0 Å². The van der Waals surface area contributed by atoms with Crippen LogP contribution < -0.4 is 5.32 Å². The lowest BCUT2D eigenvalue weighted by atomic mass is 10.1. The molecule has 2 rings (SSSR count). The SMILES string of the molecule is CCn1nc(C)cc1Cn1ncnc1CNC(C)(C)C. The molecule has 0 fully saturated rings. The summed E-state index contributed by atoms with van der Waals surface area (Å²) >= 11 is 0. The molecule has 0 unspecified atom stereocenters. The molecule has 0 aliphatic rings. The minimum Gasteiger partial charge on any atom is -0.305 e. The fourth-order valence-corrected chi connectivity index (χ4v) is 2.05. The van der Waals surface area contributed by atoms with Crippen LogP contribution in [0.25, 0.3) is 0 Å². The Labute approximate surface area is 120 Å². The molecule has 0 saturated heterocycles. The zero-order chi connectivity index (χ0) is 14.8. The van der Waals surface area contributed by atoms with E-state index in [1.54, 1.807) is 6.33 Å². The third kappa shape index (κ3) is 3.66. The van der Waals surface area contributed by atoms with Crippen LogP contribution in [0.5, 0.6) is 0 Å². The molecule has 110 valence electrons. The lowest BCUT2D eigenvalue weighted by Crippen LogP contribution is -2.36. The van der Waals surface area contributed by atoms with Gasteiger partial charge in [0.2, 0.25) is 0 Å². The van der Waals surface area contributed by atoms with Crippen molar-refractivity contribution in [2.24, 2.45) is 0 Å². The van der Waals surface area contributed by atoms with Crippen molar-refractivity contribution in [2.45, 2.75) is 59.8 Å². The van der Waals surface area contributed by atoms with Gasteiger partial charge in [-0.1, -0.05) is 0 Å². The first-order valence-corrected chi connectivity index (χ1v) is 7.04. The summed E-state index contributed by atoms with van der Waals surface area (Å²) in [7, 11) is 0. The smallest absolute Gasteiger partial charge is 0.141 e. The predicted molar refractivity (Wildman–Crippen MR) is 78.4 cm³/mol. The van der Waals surface area contributed by atoms with Crippen molar-refractivity contribution in [2.75, 3.05) is 0 Å². The molecule has 0 aromatic carbocycles. The van der Waals surface area contributed by atoms with E-state index in [1.807, 2.05) is 16.3 Å². The van der Waals surface area contributed by atoms with E-state index in [-0.39, 0.29) is 5.54 Å². The predicted octanol–water partition coefficient (Wildman–Crippen LogP) is 1.74. The fraction of sp³-hybridized carbons (Fsp3) is 0.643. The van der Waals surface area contributed by atoms with Gasteiger partial charge in [-0.15, -0.1) is 0 Å². The van der Waals surface area contributed by atoms with E-state index in [0.29, 0.717) is 13.1 Å². The third-order valence-corrected chi connectivity index (χ3v) is 3.07. The van der Waals surface area contributed by atoms with E-state index in [1.165, 1.54) is 0 Å². The van der Waals surface area contributed by atoms with E-state index in [2.05, 4.69) is 54.3 Å². The number of rotatable bonds is 5. The summed E-state index contributed by atoms with van der Waals surface area (Å²) in [6.07, 6.45) is 1.61. The first kappa shape index (κ1) is 14.7. The Balaban J connectivity index is 2.12. The second-order valence-corrected chi connectivity index (χ2v) is 6.03. The van der Waals surface area contributed by atoms with Gasteiger partial charge in [-0.05, 0) is 40.7 Å². The van der Waals surface area contributed by atoms with E-state index in [0.717, 1.165) is 23.8 Å². The number of hydrogen-bond acceptors (Lipinski definition) is 4. The maximum Gasteiger partial charge on any atom is 0.141 e. The molecule has 20 heavy (non-hydrogen) atoms. The van der Waals surface area contributed by atoms with Gasteiger partial charge in [0.05, 0.1) is 24.5 Å². The molecular weight excluding hydrogens is 252 g/mol. The first-order valence-electron chi connectivity index (χ1n) is 7.04. The summed E-state index contributed by atoms with van der Waals surface area (Å²) < 4.78 is 3.94. The molecular formula is C14H24N6. The van der Waals surface area contributed by atoms with Gasteiger partial charge in [0, 0.05) is 12.1 Å². The summed E-state index contributed by atoms with van der Waals surface area (Å²) in [5.41, 5.74) is 2.27. The quantitative estimate of drug-likeness (QED) is 0.903. The van der Waals surface area contributed by atoms with Crippen LogP contribution in [0.3, 0.4) is 0 Å². The molecule has 0 saturated carbocycles. The summed E-state index contributed by atoms with van der Waals surface area (Å²) in [4.78, 5) is 4.34. The topological polar surface area (TPSA) is 60.6 Å². The van der Waals surface area contributed by atoms with Crippen LogP contribution in [-0.2, 0) is 19.6 Å². The highest BCUT2D eigenvalue weighted by Gasteiger charge is 2.13. The molecule has 0 amide bonds. The summed E-state index contributed by atoms with van der Waals surface area (Å²) in [5, 5.41) is 12.2. The van der Waals surface area contributed by atoms with Crippen LogP contribution in [0.2, 0.25) is 0 Å². The average molecular weight is 276 g/mol. The number of aromatic nitrogens is 5. The van der Waals surface area contributed by atoms with E-state index in [4.69, 9.17) is 0 Å². The molecule has 0 aliphatic carbocycles. The summed E-state index contributed by atoms with van der Waals surface area (Å²) in [5.74, 6) is 0.946. The highest BCUT2D eigenvalue weighted by atomic mass is 15.4. The lowest BCUT2D eigenvalue weighted by Gasteiger charge is -2.20. The molecule has 0 bridgehead atoms. The summed E-state index contributed by atoms with van der Waals surface area (Å²) in [6.45, 7) is 12.8. The normalized spacial score (nSPS) is 12.1. The zero-order valence-corrected chi connectivity index (χ0v) is 13.0. The van der Waals surface area contributed by atoms with E-state index >= 15 is 0 Å². The van der Waals surface area contributed by atoms with Crippen molar-refractivity contribution >= 4 is 0 Å². The second-order valence-electron chi connectivity index (χ2n) is 6.03. The fourth-order valence-electron chi connectivity index (χ4n) is 2.05. The second kappa shape index (κ2) is 5.75. The lowest BCUT2D eigenvalue weighted by molar-refractivity contribution is 0.409. The monoisotopic (exact) mass is 276 g/mol. The number of nitrogens with one attached hydrogen (secondary N) is 1. The molecule has 2 aromatic heterocycles. The Morgan fingerprint density at radius 2 is 2.00 bits per heavy atom. The molecule has 6 heteroatoms. The van der Waals surface area contributed by atoms with Gasteiger partial charge in [0.15, 0.2) is 0 Å². The minimum absolute atomic E-state index is 0.0680. The standard InChI is InChI=1S/C14H24N6/c1-6-19-12(7-11(2)18-19)9-20-13(15-10-17-20)8-16-14(3,4)5/h7,10,16H,6,8-9H2,1-5H3. The van der Waals surface area contributed by atoms with Gasteiger partial charge in [0.25, 0.3) is 0 Å². The molecule has 0 radical (unpaired) electrons. The Morgan fingerprint density at radius 3 is 2.65 bits per heavy atom. The average Bonchev–Trinajstić information content (AvgIpc) is 2.93. The number of aryl methyl sites for hydroxylation is 2. The van der Waals surface area contributed by atoms with Crippen LogP contribution in [0.4, 0.5) is 0 Å². The van der Waals surface area contributed by atoms with Crippen molar-refractivity contribution in [3.63, 3.8) is 0 Å². The van der Waals surface area contributed by atoms with Crippen molar-refractivity contribution in [3.05, 3.63) is 29.6 Å². The first-order chi connectivity index (χ1) is 9.39. The Hall–Kier alpha value is -1.69. The van der Waals surface area contributed by atoms with Gasteiger partial charge in [-0.25, -0.2) is 9.67 Å². The van der Waals surface area contributed by atoms with Crippen molar-refractivity contribution < 1.29 is 0 Å². The zero-order valence-electron chi connectivity index (χ0n) is 13.0. The van der Waals surface area contributed by atoms with Gasteiger partial charge in [-0.2, -0.15) is 10.2 Å². The van der Waals surface area contributed by atoms with Gasteiger partial charge in [0.1, 0.15) is 12.2 Å². The molecule has 6 nitrogen and oxygen atoms in total. The van der Waals surface area contributed by atoms with Gasteiger partial charge >= 0.3 is 0 Å². The highest BCUT2D eigenvalue weighted by Crippen LogP contribution is 2.08. The van der Waals surface area contributed by atoms with Crippen molar-refractivity contribution in [1.29, 1.82) is 0 Å². The van der Waals surface area contributed by atoms with E-state index < -0.39 is 0 Å². The Morgan fingerprint density at radius 1 is 1.25 bits per heavy atom. The maximum absolute atomic E-state index is 4.46. The molecule has 0 spiro atoms.